The first-order chi connectivity index (χ1) is 12.0. The summed E-state index contributed by atoms with van der Waals surface area (Å²) in [7, 11) is 0. The van der Waals surface area contributed by atoms with Crippen molar-refractivity contribution in [3.63, 3.8) is 0 Å². The minimum atomic E-state index is -0.900. The molecule has 0 saturated carbocycles. The van der Waals surface area contributed by atoms with Crippen molar-refractivity contribution < 1.29 is 33.7 Å². The van der Waals surface area contributed by atoms with Crippen molar-refractivity contribution in [1.82, 2.24) is 4.90 Å². The molecule has 2 heterocycles. The summed E-state index contributed by atoms with van der Waals surface area (Å²) in [6.07, 6.45) is 1.15. The second-order valence-corrected chi connectivity index (χ2v) is 6.44. The van der Waals surface area contributed by atoms with Gasteiger partial charge in [-0.1, -0.05) is 37.1 Å². The van der Waals surface area contributed by atoms with Gasteiger partial charge in [0.15, 0.2) is 0 Å². The van der Waals surface area contributed by atoms with Gasteiger partial charge in [0.2, 0.25) is 5.91 Å². The predicted molar refractivity (Wildman–Crippen MR) is 89.1 cm³/mol. The molecule has 1 saturated heterocycles. The second-order valence-electron chi connectivity index (χ2n) is 5.23. The van der Waals surface area contributed by atoms with E-state index in [0.717, 1.165) is 0 Å². The maximum absolute atomic E-state index is 12.5. The Morgan fingerprint density at radius 2 is 1.96 bits per heavy atom. The molecule has 2 rings (SSSR count). The minimum absolute atomic E-state index is 0.00348. The van der Waals surface area contributed by atoms with E-state index in [9.17, 15) is 19.5 Å². The molecule has 8 nitrogen and oxygen atoms in total. The molecule has 136 valence electrons. The Morgan fingerprint density at radius 1 is 1.32 bits per heavy atom. The fraction of sp³-hybridized carbons (Fsp3) is 0.438. The maximum atomic E-state index is 12.5. The van der Waals surface area contributed by atoms with E-state index in [0.29, 0.717) is 4.91 Å². The molecule has 0 aliphatic carbocycles. The van der Waals surface area contributed by atoms with Crippen LogP contribution in [0, 0.1) is 5.92 Å². The van der Waals surface area contributed by atoms with Crippen molar-refractivity contribution in [2.45, 2.75) is 18.4 Å². The van der Waals surface area contributed by atoms with Crippen LogP contribution in [0.15, 0.2) is 35.9 Å². The highest BCUT2D eigenvalue weighted by Crippen LogP contribution is 2.50. The molecule has 0 aromatic rings. The number of rotatable bonds is 8. The number of aliphatic hydroxyl groups excluding tert-OH is 1. The molecule has 25 heavy (non-hydrogen) atoms. The van der Waals surface area contributed by atoms with Crippen LogP contribution in [-0.4, -0.2) is 59.3 Å². The Hall–Kier alpha value is -2.26. The summed E-state index contributed by atoms with van der Waals surface area (Å²) in [6.45, 7) is 8.04. The van der Waals surface area contributed by atoms with Crippen LogP contribution in [0.4, 0.5) is 4.79 Å². The summed E-state index contributed by atoms with van der Waals surface area (Å²) in [6, 6.07) is 0. The van der Waals surface area contributed by atoms with E-state index in [1.807, 2.05) is 0 Å². The van der Waals surface area contributed by atoms with Crippen molar-refractivity contribution in [1.29, 1.82) is 0 Å². The van der Waals surface area contributed by atoms with E-state index in [2.05, 4.69) is 13.2 Å². The fourth-order valence-electron chi connectivity index (χ4n) is 2.53. The maximum Gasteiger partial charge on any atom is 0.508 e. The number of esters is 1. The number of hydrogen-bond acceptors (Lipinski definition) is 8. The molecule has 0 aromatic carbocycles. The molecular weight excluding hydrogens is 350 g/mol. The summed E-state index contributed by atoms with van der Waals surface area (Å²) in [5.41, 5.74) is 0.0297. The summed E-state index contributed by atoms with van der Waals surface area (Å²) in [5.74, 6) is -1.73. The monoisotopic (exact) mass is 369 g/mol. The van der Waals surface area contributed by atoms with E-state index >= 15 is 0 Å². The highest BCUT2D eigenvalue weighted by Gasteiger charge is 2.58. The number of β-lactam (4-membered cyclic amide) rings is 1. The van der Waals surface area contributed by atoms with Crippen LogP contribution in [0.1, 0.15) is 6.92 Å². The lowest BCUT2D eigenvalue weighted by Gasteiger charge is -2.44. The number of thioether (sulfide) groups is 1. The Labute approximate surface area is 149 Å². The molecule has 3 atom stereocenters. The van der Waals surface area contributed by atoms with Crippen LogP contribution in [0.25, 0.3) is 0 Å². The van der Waals surface area contributed by atoms with Gasteiger partial charge in [-0.3, -0.25) is 9.69 Å². The third-order valence-corrected chi connectivity index (χ3v) is 4.98. The fourth-order valence-corrected chi connectivity index (χ4v) is 3.99. The van der Waals surface area contributed by atoms with Crippen LogP contribution >= 0.6 is 11.8 Å². The van der Waals surface area contributed by atoms with Gasteiger partial charge in [-0.15, -0.1) is 0 Å². The Balaban J connectivity index is 2.05. The number of ether oxygens (including phenoxy) is 3. The minimum Gasteiger partial charge on any atom is -0.457 e. The molecule has 2 aliphatic heterocycles. The zero-order valence-electron chi connectivity index (χ0n) is 13.7. The van der Waals surface area contributed by atoms with Gasteiger partial charge in [0.1, 0.15) is 36.3 Å². The van der Waals surface area contributed by atoms with E-state index in [1.54, 1.807) is 6.92 Å². The van der Waals surface area contributed by atoms with Crippen molar-refractivity contribution >= 4 is 29.8 Å². The third kappa shape index (κ3) is 3.72. The largest absolute Gasteiger partial charge is 0.508 e. The average molecular weight is 369 g/mol. The molecule has 0 spiro atoms. The number of nitrogens with zero attached hydrogens (tertiary/aromatic N) is 1. The lowest BCUT2D eigenvalue weighted by Crippen LogP contribution is -2.61. The first kappa shape index (κ1) is 19.1. The number of aliphatic hydroxyl groups is 1. The molecule has 0 unspecified atom stereocenters. The highest BCUT2D eigenvalue weighted by atomic mass is 32.2. The Kier molecular flexibility index (Phi) is 6.27. The number of hydrogen-bond donors (Lipinski definition) is 1. The average Bonchev–Trinajstić information content (AvgIpc) is 2.92. The van der Waals surface area contributed by atoms with Crippen LogP contribution in [0.2, 0.25) is 0 Å². The van der Waals surface area contributed by atoms with E-state index in [1.165, 1.54) is 28.8 Å². The number of fused-ring (bicyclic) bond motifs is 1. The van der Waals surface area contributed by atoms with E-state index in [-0.39, 0.29) is 24.8 Å². The van der Waals surface area contributed by atoms with Gasteiger partial charge in [0, 0.05) is 4.91 Å². The van der Waals surface area contributed by atoms with Crippen LogP contribution in [0.5, 0.6) is 0 Å². The van der Waals surface area contributed by atoms with Crippen LogP contribution in [-0.2, 0) is 23.8 Å². The lowest BCUT2D eigenvalue weighted by molar-refractivity contribution is -0.158. The molecule has 1 fully saturated rings. The molecule has 9 heteroatoms. The van der Waals surface area contributed by atoms with Crippen LogP contribution in [0.3, 0.4) is 0 Å². The van der Waals surface area contributed by atoms with Gasteiger partial charge in [0.25, 0.3) is 0 Å². The predicted octanol–water partition coefficient (Wildman–Crippen LogP) is 1.18. The molecule has 1 amide bonds. The zero-order valence-corrected chi connectivity index (χ0v) is 14.5. The van der Waals surface area contributed by atoms with Crippen molar-refractivity contribution in [3.05, 3.63) is 35.9 Å². The van der Waals surface area contributed by atoms with Gasteiger partial charge in [-0.2, -0.15) is 0 Å². The first-order valence-corrected chi connectivity index (χ1v) is 8.40. The second kappa shape index (κ2) is 8.21. The van der Waals surface area contributed by atoms with Crippen LogP contribution < -0.4 is 0 Å². The summed E-state index contributed by atoms with van der Waals surface area (Å²) >= 11 is 1.18. The standard InChI is InChI=1S/C16H19NO7S/c1-4-6-22-15(20)12-10(8-18)25-14-11(13(19)17(12)14)9(3)24-16(21)23-7-5-2/h4-5,9,11,14,18H,1-2,6-8H2,3H3/t9-,11-,14-/m1/s1. The quantitative estimate of drug-likeness (QED) is 0.387. The Morgan fingerprint density at radius 3 is 2.56 bits per heavy atom. The van der Waals surface area contributed by atoms with Gasteiger partial charge in [-0.25, -0.2) is 9.59 Å². The summed E-state index contributed by atoms with van der Waals surface area (Å²) in [4.78, 5) is 37.7. The summed E-state index contributed by atoms with van der Waals surface area (Å²) < 4.78 is 14.8. The van der Waals surface area contributed by atoms with Crippen molar-refractivity contribution in [3.8, 4) is 0 Å². The van der Waals surface area contributed by atoms with E-state index in [4.69, 9.17) is 14.2 Å². The molecule has 1 N–H and O–H groups in total. The topological polar surface area (TPSA) is 102 Å². The third-order valence-electron chi connectivity index (χ3n) is 3.63. The van der Waals surface area contributed by atoms with Crippen molar-refractivity contribution in [2.24, 2.45) is 5.92 Å². The first-order valence-electron chi connectivity index (χ1n) is 7.52. The smallest absolute Gasteiger partial charge is 0.457 e. The summed E-state index contributed by atoms with van der Waals surface area (Å²) in [5, 5.41) is 9.03. The normalized spacial score (nSPS) is 22.6. The number of carbonyl (C=O) groups excluding carboxylic acids is 3. The van der Waals surface area contributed by atoms with Gasteiger partial charge in [0.05, 0.1) is 6.61 Å². The molecule has 0 aromatic heterocycles. The molecule has 0 bridgehead atoms. The molecule has 0 radical (unpaired) electrons. The number of carbonyl (C=O) groups is 3. The highest BCUT2D eigenvalue weighted by molar-refractivity contribution is 8.04. The number of amides is 1. The van der Waals surface area contributed by atoms with Gasteiger partial charge < -0.3 is 19.3 Å². The zero-order chi connectivity index (χ0) is 18.6. The van der Waals surface area contributed by atoms with E-state index < -0.39 is 36.1 Å². The SMILES string of the molecule is C=CCOC(=O)O[C@H](C)[C@@H]1C(=O)N2C(C(=O)OCC=C)=C(CO)S[C@H]12. The molecular formula is C16H19NO7S. The lowest BCUT2D eigenvalue weighted by atomic mass is 9.92. The van der Waals surface area contributed by atoms with Gasteiger partial charge >= 0.3 is 12.1 Å². The van der Waals surface area contributed by atoms with Gasteiger partial charge in [-0.05, 0) is 6.92 Å². The molecule has 2 aliphatic rings. The van der Waals surface area contributed by atoms with Crippen molar-refractivity contribution in [2.75, 3.05) is 19.8 Å². The Bertz CT molecular complexity index is 630.